The third-order valence-electron chi connectivity index (χ3n) is 5.03. The van der Waals surface area contributed by atoms with Crippen LogP contribution in [-0.4, -0.2) is 45.9 Å². The van der Waals surface area contributed by atoms with E-state index in [0.717, 1.165) is 5.69 Å². The summed E-state index contributed by atoms with van der Waals surface area (Å²) < 4.78 is 32.2. The molecule has 2 aromatic rings. The normalized spacial score (nSPS) is 16.0. The van der Waals surface area contributed by atoms with Gasteiger partial charge in [0.05, 0.1) is 12.0 Å². The van der Waals surface area contributed by atoms with Crippen molar-refractivity contribution in [2.75, 3.05) is 32.1 Å². The molecular formula is C20H23ClN2O4S. The first kappa shape index (κ1) is 20.6. The first-order chi connectivity index (χ1) is 13.3. The van der Waals surface area contributed by atoms with E-state index >= 15 is 0 Å². The minimum Gasteiger partial charge on any atom is -0.497 e. The van der Waals surface area contributed by atoms with Gasteiger partial charge in [-0.25, -0.2) is 8.42 Å². The van der Waals surface area contributed by atoms with Crippen LogP contribution in [0.15, 0.2) is 53.4 Å². The Labute approximate surface area is 170 Å². The van der Waals surface area contributed by atoms with Crippen molar-refractivity contribution < 1.29 is 17.9 Å². The number of amides is 1. The number of nitrogens with zero attached hydrogens (tertiary/aromatic N) is 2. The zero-order valence-corrected chi connectivity index (χ0v) is 17.4. The summed E-state index contributed by atoms with van der Waals surface area (Å²) in [6.07, 6.45) is 0.972. The monoisotopic (exact) mass is 422 g/mol. The second-order valence-electron chi connectivity index (χ2n) is 6.73. The molecule has 1 saturated heterocycles. The number of hydrogen-bond acceptors (Lipinski definition) is 4. The third-order valence-corrected chi connectivity index (χ3v) is 7.19. The average molecular weight is 423 g/mol. The highest BCUT2D eigenvalue weighted by Gasteiger charge is 2.33. The van der Waals surface area contributed by atoms with Gasteiger partial charge in [0.25, 0.3) is 0 Å². The summed E-state index contributed by atoms with van der Waals surface area (Å²) in [4.78, 5) is 14.7. The number of carbonyl (C=O) groups excluding carboxylic acids is 1. The number of halogens is 1. The van der Waals surface area contributed by atoms with Gasteiger partial charge in [-0.3, -0.25) is 4.79 Å². The summed E-state index contributed by atoms with van der Waals surface area (Å²) in [7, 11) is -0.265. The molecule has 8 heteroatoms. The smallest absolute Gasteiger partial charge is 0.243 e. The van der Waals surface area contributed by atoms with Crippen molar-refractivity contribution in [1.82, 2.24) is 4.31 Å². The predicted octanol–water partition coefficient (Wildman–Crippen LogP) is 3.41. The van der Waals surface area contributed by atoms with E-state index in [2.05, 4.69) is 0 Å². The summed E-state index contributed by atoms with van der Waals surface area (Å²) >= 11 is 5.84. The van der Waals surface area contributed by atoms with Crippen LogP contribution in [0.25, 0.3) is 0 Å². The quantitative estimate of drug-likeness (QED) is 0.740. The minimum absolute atomic E-state index is 0.0169. The van der Waals surface area contributed by atoms with Gasteiger partial charge in [0.15, 0.2) is 0 Å². The highest BCUT2D eigenvalue weighted by molar-refractivity contribution is 7.89. The molecule has 0 aromatic heterocycles. The maximum absolute atomic E-state index is 12.9. The maximum Gasteiger partial charge on any atom is 0.243 e. The van der Waals surface area contributed by atoms with E-state index in [9.17, 15) is 13.2 Å². The summed E-state index contributed by atoms with van der Waals surface area (Å²) in [6, 6.07) is 13.4. The number of hydrogen-bond donors (Lipinski definition) is 0. The van der Waals surface area contributed by atoms with E-state index in [4.69, 9.17) is 16.3 Å². The van der Waals surface area contributed by atoms with Crippen molar-refractivity contribution in [1.29, 1.82) is 0 Å². The molecular weight excluding hydrogens is 400 g/mol. The summed E-state index contributed by atoms with van der Waals surface area (Å²) in [5.41, 5.74) is 0.751. The lowest BCUT2D eigenvalue weighted by molar-refractivity contribution is -0.123. The molecule has 0 bridgehead atoms. The molecule has 0 unspecified atom stereocenters. The average Bonchev–Trinajstić information content (AvgIpc) is 2.73. The molecule has 2 aromatic carbocycles. The Hall–Kier alpha value is -2.09. The number of benzene rings is 2. The van der Waals surface area contributed by atoms with Crippen molar-refractivity contribution in [2.45, 2.75) is 17.7 Å². The van der Waals surface area contributed by atoms with E-state index in [0.29, 0.717) is 36.7 Å². The number of carbonyl (C=O) groups is 1. The molecule has 1 heterocycles. The summed E-state index contributed by atoms with van der Waals surface area (Å²) in [5, 5.41) is 0.490. The number of methoxy groups -OCH3 is 1. The number of rotatable bonds is 5. The van der Waals surface area contributed by atoms with Crippen LogP contribution in [-0.2, 0) is 14.8 Å². The fourth-order valence-corrected chi connectivity index (χ4v) is 4.91. The van der Waals surface area contributed by atoms with E-state index in [-0.39, 0.29) is 16.7 Å². The molecule has 0 saturated carbocycles. The Balaban J connectivity index is 1.65. The van der Waals surface area contributed by atoms with Crippen molar-refractivity contribution in [2.24, 2.45) is 5.92 Å². The SMILES string of the molecule is COc1cccc(N(C)C(=O)C2CCN(S(=O)(=O)c3ccc(Cl)cc3)CC2)c1. The minimum atomic E-state index is -3.58. The molecule has 1 aliphatic rings. The van der Waals surface area contributed by atoms with E-state index in [1.165, 1.54) is 16.4 Å². The molecule has 0 atom stereocenters. The Morgan fingerprint density at radius 1 is 1.14 bits per heavy atom. The van der Waals surface area contributed by atoms with Crippen LogP contribution in [0.4, 0.5) is 5.69 Å². The van der Waals surface area contributed by atoms with E-state index in [1.807, 2.05) is 18.2 Å². The van der Waals surface area contributed by atoms with Crippen molar-refractivity contribution in [3.63, 3.8) is 0 Å². The van der Waals surface area contributed by atoms with Gasteiger partial charge < -0.3 is 9.64 Å². The Morgan fingerprint density at radius 2 is 1.79 bits per heavy atom. The second-order valence-corrected chi connectivity index (χ2v) is 9.11. The molecule has 3 rings (SSSR count). The van der Waals surface area contributed by atoms with Crippen LogP contribution in [0.2, 0.25) is 5.02 Å². The molecule has 0 spiro atoms. The van der Waals surface area contributed by atoms with Crippen LogP contribution in [0.3, 0.4) is 0 Å². The van der Waals surface area contributed by atoms with Gasteiger partial charge in [0.2, 0.25) is 15.9 Å². The molecule has 1 fully saturated rings. The number of sulfonamides is 1. The lowest BCUT2D eigenvalue weighted by atomic mass is 9.96. The highest BCUT2D eigenvalue weighted by Crippen LogP contribution is 2.28. The Morgan fingerprint density at radius 3 is 2.39 bits per heavy atom. The fraction of sp³-hybridized carbons (Fsp3) is 0.350. The number of anilines is 1. The van der Waals surface area contributed by atoms with Crippen LogP contribution in [0, 0.1) is 5.92 Å². The summed E-state index contributed by atoms with van der Waals surface area (Å²) in [5.74, 6) is 0.450. The third kappa shape index (κ3) is 4.32. The topological polar surface area (TPSA) is 66.9 Å². The van der Waals surface area contributed by atoms with Crippen LogP contribution < -0.4 is 9.64 Å². The first-order valence-corrected chi connectivity index (χ1v) is 10.8. The van der Waals surface area contributed by atoms with Gasteiger partial charge in [0.1, 0.15) is 5.75 Å². The van der Waals surface area contributed by atoms with Gasteiger partial charge in [-0.1, -0.05) is 17.7 Å². The highest BCUT2D eigenvalue weighted by atomic mass is 35.5. The Bertz CT molecular complexity index is 939. The largest absolute Gasteiger partial charge is 0.497 e. The van der Waals surface area contributed by atoms with Crippen molar-refractivity contribution in [3.8, 4) is 5.75 Å². The van der Waals surface area contributed by atoms with E-state index in [1.54, 1.807) is 37.3 Å². The molecule has 1 amide bonds. The molecule has 0 aliphatic carbocycles. The number of ether oxygens (including phenoxy) is 1. The molecule has 28 heavy (non-hydrogen) atoms. The van der Waals surface area contributed by atoms with Gasteiger partial charge in [-0.2, -0.15) is 4.31 Å². The lowest BCUT2D eigenvalue weighted by Crippen LogP contribution is -2.43. The van der Waals surface area contributed by atoms with Gasteiger partial charge in [-0.15, -0.1) is 0 Å². The van der Waals surface area contributed by atoms with Gasteiger partial charge >= 0.3 is 0 Å². The predicted molar refractivity (Wildman–Crippen MR) is 109 cm³/mol. The lowest BCUT2D eigenvalue weighted by Gasteiger charge is -2.32. The van der Waals surface area contributed by atoms with Crippen LogP contribution >= 0.6 is 11.6 Å². The van der Waals surface area contributed by atoms with Crippen LogP contribution in [0.5, 0.6) is 5.75 Å². The fourth-order valence-electron chi connectivity index (χ4n) is 3.32. The number of piperidine rings is 1. The summed E-state index contributed by atoms with van der Waals surface area (Å²) in [6.45, 7) is 0.626. The van der Waals surface area contributed by atoms with Gasteiger partial charge in [-0.05, 0) is 49.2 Å². The Kier molecular flexibility index (Phi) is 6.27. The van der Waals surface area contributed by atoms with Crippen LogP contribution in [0.1, 0.15) is 12.8 Å². The maximum atomic E-state index is 12.9. The molecule has 1 aliphatic heterocycles. The molecule has 0 radical (unpaired) electrons. The van der Waals surface area contributed by atoms with Gasteiger partial charge in [0, 0.05) is 42.8 Å². The standard InChI is InChI=1S/C20H23ClN2O4S/c1-22(17-4-3-5-18(14-17)27-2)20(24)15-10-12-23(13-11-15)28(25,26)19-8-6-16(21)7-9-19/h3-9,14-15H,10-13H2,1-2H3. The van der Waals surface area contributed by atoms with Crippen molar-refractivity contribution in [3.05, 3.63) is 53.6 Å². The zero-order valence-electron chi connectivity index (χ0n) is 15.8. The zero-order chi connectivity index (χ0) is 20.3. The second kappa shape index (κ2) is 8.51. The van der Waals surface area contributed by atoms with E-state index < -0.39 is 10.0 Å². The molecule has 6 nitrogen and oxygen atoms in total. The first-order valence-electron chi connectivity index (χ1n) is 9.00. The molecule has 150 valence electrons. The van der Waals surface area contributed by atoms with Crippen molar-refractivity contribution >= 4 is 33.2 Å². The molecule has 0 N–H and O–H groups in total.